The zero-order valence-corrected chi connectivity index (χ0v) is 53.1. The summed E-state index contributed by atoms with van der Waals surface area (Å²) in [7, 11) is -2.64. The van der Waals surface area contributed by atoms with E-state index in [1.54, 1.807) is 35.1 Å². The number of quaternary nitrogens is 1. The number of benzene rings is 5. The summed E-state index contributed by atoms with van der Waals surface area (Å²) >= 11 is 1.58. The van der Waals surface area contributed by atoms with Crippen LogP contribution in [0.2, 0.25) is 0 Å². The number of nitro groups is 1. The fourth-order valence-electron chi connectivity index (χ4n) is 12.9. The number of likely N-dealkylation sites (tertiary alicyclic amines) is 1. The largest absolute Gasteiger partial charge is 0.449 e. The smallest absolute Gasteiger partial charge is 0.415 e. The Morgan fingerprint density at radius 3 is 2.24 bits per heavy atom. The Hall–Kier alpha value is -8.71. The number of aryl methyl sites for hydroxylation is 1. The van der Waals surface area contributed by atoms with Crippen molar-refractivity contribution in [2.24, 2.45) is 13.0 Å². The highest BCUT2D eigenvalue weighted by molar-refractivity contribution is 7.98. The van der Waals surface area contributed by atoms with E-state index in [0.29, 0.717) is 60.3 Å². The molecule has 11 rings (SSSR count). The number of thioether (sulfide) groups is 1. The van der Waals surface area contributed by atoms with Gasteiger partial charge in [0.25, 0.3) is 27.5 Å². The van der Waals surface area contributed by atoms with Gasteiger partial charge in [-0.2, -0.15) is 0 Å². The van der Waals surface area contributed by atoms with Gasteiger partial charge in [-0.15, -0.1) is 22.0 Å². The summed E-state index contributed by atoms with van der Waals surface area (Å²) in [5.74, 6) is 0.873. The Bertz CT molecular complexity index is 3990. The minimum Gasteiger partial charge on any atom is -0.449 e. The predicted molar refractivity (Wildman–Crippen MR) is 341 cm³/mol. The molecule has 24 heteroatoms. The minimum atomic E-state index is -4.54. The lowest BCUT2D eigenvalue weighted by atomic mass is 9.75. The molecule has 0 spiro atoms. The van der Waals surface area contributed by atoms with E-state index in [4.69, 9.17) is 19.2 Å². The van der Waals surface area contributed by atoms with Gasteiger partial charge in [0.2, 0.25) is 0 Å². The monoisotopic (exact) mass is 1260 g/mol. The molecule has 1 unspecified atom stereocenters. The number of carbonyl (C=O) groups is 4. The summed E-state index contributed by atoms with van der Waals surface area (Å²) < 4.78 is 50.2. The highest BCUT2D eigenvalue weighted by Gasteiger charge is 2.44. The quantitative estimate of drug-likeness (QED) is 0.0199. The molecule has 22 nitrogen and oxygen atoms in total. The fourth-order valence-corrected chi connectivity index (χ4v) is 14.8. The van der Waals surface area contributed by atoms with Crippen LogP contribution in [0.25, 0.3) is 11.1 Å². The van der Waals surface area contributed by atoms with Gasteiger partial charge < -0.3 is 33.9 Å². The molecule has 7 aromatic rings. The molecule has 1 aliphatic carbocycles. The number of nitro benzene ring substituents is 1. The van der Waals surface area contributed by atoms with Gasteiger partial charge in [-0.1, -0.05) is 67.6 Å². The third-order valence-electron chi connectivity index (χ3n) is 17.2. The van der Waals surface area contributed by atoms with Crippen LogP contribution in [0.4, 0.5) is 32.6 Å². The zero-order valence-electron chi connectivity index (χ0n) is 51.5. The van der Waals surface area contributed by atoms with E-state index < -0.39 is 54.6 Å². The van der Waals surface area contributed by atoms with Crippen molar-refractivity contribution in [2.45, 2.75) is 100 Å². The first-order valence-corrected chi connectivity index (χ1v) is 32.8. The molecule has 3 aliphatic heterocycles. The van der Waals surface area contributed by atoms with Gasteiger partial charge in [0.1, 0.15) is 49.1 Å². The number of rotatable bonds is 21. The van der Waals surface area contributed by atoms with E-state index in [1.807, 2.05) is 124 Å². The van der Waals surface area contributed by atoms with Crippen molar-refractivity contribution < 1.29 is 51.2 Å². The number of alkyl carbamates (subject to hydrolysis) is 1. The third-order valence-corrected chi connectivity index (χ3v) is 19.5. The summed E-state index contributed by atoms with van der Waals surface area (Å²) in [5.41, 5.74) is 6.54. The number of nitrogens with zero attached hydrogens (tertiary/aromatic N) is 8. The lowest BCUT2D eigenvalue weighted by molar-refractivity contribution is -0.960. The van der Waals surface area contributed by atoms with Gasteiger partial charge in [0.15, 0.2) is 4.90 Å². The maximum atomic E-state index is 15.0. The average molecular weight is 1260 g/mol. The van der Waals surface area contributed by atoms with Crippen molar-refractivity contribution in [3.8, 4) is 11.1 Å². The number of carbonyl (C=O) groups excluding carboxylic acids is 4. The van der Waals surface area contributed by atoms with Crippen LogP contribution in [0.5, 0.6) is 0 Å². The number of ether oxygens (including phenoxy) is 3. The molecule has 0 bridgehead atoms. The first-order valence-electron chi connectivity index (χ1n) is 30.1. The molecule has 0 saturated carbocycles. The summed E-state index contributed by atoms with van der Waals surface area (Å²) in [6.07, 6.45) is 4.99. The van der Waals surface area contributed by atoms with Gasteiger partial charge in [-0.3, -0.25) is 34.2 Å². The van der Waals surface area contributed by atoms with Crippen LogP contribution in [-0.4, -0.2) is 126 Å². The first kappa shape index (κ1) is 62.9. The summed E-state index contributed by atoms with van der Waals surface area (Å²) in [6, 6.07) is 34.1. The van der Waals surface area contributed by atoms with E-state index in [-0.39, 0.29) is 55.9 Å². The normalized spacial score (nSPS) is 17.6. The Morgan fingerprint density at radius 1 is 0.911 bits per heavy atom. The lowest BCUT2D eigenvalue weighted by Gasteiger charge is -2.44. The lowest BCUT2D eigenvalue weighted by Crippen LogP contribution is -2.52. The second-order valence-corrected chi connectivity index (χ2v) is 27.4. The van der Waals surface area contributed by atoms with E-state index >= 15 is 4.79 Å². The number of aromatic nitrogens is 4. The SMILES string of the molecule is CCN(C(=O)OC(C)(C)C)c1cc(C2(Cc3nncn3C)COC2)cc(N2Cc3c(SC)cc(C[N+]4(Cc5ccc(NS(=O)(=O)c6ccc(C(=O)NCCNC(=O)OCC7c8ccccc8-c8ccccc87)cc6[N+](=O)[O-])cc5)CCC[C@H](C)C4)cc3C2=O)n1. The van der Waals surface area contributed by atoms with Crippen molar-refractivity contribution in [3.05, 3.63) is 182 Å². The predicted octanol–water partition coefficient (Wildman–Crippen LogP) is 10.3. The van der Waals surface area contributed by atoms with E-state index in [0.717, 1.165) is 93.3 Å². The first-order chi connectivity index (χ1) is 43.0. The number of fused-ring (bicyclic) bond motifs is 4. The molecule has 2 fully saturated rings. The topological polar surface area (TPSA) is 259 Å². The average Bonchev–Trinajstić information content (AvgIpc) is 1.55. The standard InChI is InChI=1S/C66H73N11O11S2/c1-8-74(64(81)88-65(3,4)5)58-31-46(66(39-86-40-66)33-60-71-69-41-73(60)6)32-59(70-58)75-34-53-52(62(75)79)28-44(29-56(53)89-7)37-77(27-13-14-42(2)35-77)36-43-19-22-47(23-20-43)72-90(84,85)57-24-21-45(30-55(57)76(82)83)61(78)67-25-26-68-63(80)87-38-54-50-17-11-9-15-48(50)49-16-10-12-18-51(49)54/h9-12,15-24,28-32,41-42,54,72H,8,13-14,25-27,33-40H2,1-7H3,(H-,67,68,78,80)/p+1/t42-,77?/m0/s1. The van der Waals surface area contributed by atoms with Gasteiger partial charge in [0.05, 0.1) is 37.8 Å². The van der Waals surface area contributed by atoms with Crippen LogP contribution in [0.3, 0.4) is 0 Å². The summed E-state index contributed by atoms with van der Waals surface area (Å²) in [6.45, 7) is 13.9. The van der Waals surface area contributed by atoms with Crippen LogP contribution in [0, 0.1) is 16.0 Å². The third kappa shape index (κ3) is 13.3. The number of hydrogen-bond acceptors (Lipinski definition) is 15. The molecular formula is C66H74N11O11S2+. The molecule has 2 atom stereocenters. The zero-order chi connectivity index (χ0) is 63.7. The molecule has 470 valence electrons. The van der Waals surface area contributed by atoms with Gasteiger partial charge >= 0.3 is 12.2 Å². The van der Waals surface area contributed by atoms with Crippen molar-refractivity contribution >= 4 is 68.8 Å². The van der Waals surface area contributed by atoms with Gasteiger partial charge in [0, 0.05) is 89.3 Å². The maximum Gasteiger partial charge on any atom is 0.415 e. The molecule has 2 saturated heterocycles. The molecular weight excluding hydrogens is 1190 g/mol. The Labute approximate surface area is 527 Å². The van der Waals surface area contributed by atoms with Crippen molar-refractivity contribution in [3.63, 3.8) is 0 Å². The fraction of sp³-hybridized carbons (Fsp3) is 0.379. The molecule has 2 aromatic heterocycles. The summed E-state index contributed by atoms with van der Waals surface area (Å²) in [4.78, 5) is 74.8. The molecule has 3 N–H and O–H groups in total. The highest BCUT2D eigenvalue weighted by atomic mass is 32.2. The molecule has 4 aliphatic rings. The Kier molecular flexibility index (Phi) is 17.9. The Morgan fingerprint density at radius 2 is 1.61 bits per heavy atom. The number of anilines is 3. The Balaban J connectivity index is 0.756. The number of nitrogens with one attached hydrogen (secondary N) is 3. The molecule has 0 radical (unpaired) electrons. The van der Waals surface area contributed by atoms with Crippen LogP contribution in [-0.2, 0) is 62.8 Å². The van der Waals surface area contributed by atoms with Crippen LogP contribution in [0.1, 0.15) is 113 Å². The van der Waals surface area contributed by atoms with Crippen molar-refractivity contribution in [1.29, 1.82) is 0 Å². The van der Waals surface area contributed by atoms with Gasteiger partial charge in [-0.05, 0) is 129 Å². The number of sulfonamides is 1. The molecule has 5 heterocycles. The van der Waals surface area contributed by atoms with Crippen LogP contribution in [0.15, 0.2) is 131 Å². The van der Waals surface area contributed by atoms with Crippen LogP contribution < -0.4 is 25.2 Å². The van der Waals surface area contributed by atoms with E-state index in [9.17, 15) is 32.9 Å². The number of hydrogen-bond donors (Lipinski definition) is 3. The van der Waals surface area contributed by atoms with E-state index in [2.05, 4.69) is 38.5 Å². The highest BCUT2D eigenvalue weighted by Crippen LogP contribution is 2.45. The van der Waals surface area contributed by atoms with E-state index in [1.165, 1.54) is 11.0 Å². The minimum absolute atomic E-state index is 0.00373. The summed E-state index contributed by atoms with van der Waals surface area (Å²) in [5, 5.41) is 26.1. The van der Waals surface area contributed by atoms with Gasteiger partial charge in [-0.25, -0.2) is 23.0 Å². The number of pyridine rings is 1. The van der Waals surface area contributed by atoms with Crippen LogP contribution >= 0.6 is 11.8 Å². The maximum absolute atomic E-state index is 15.0. The molecule has 90 heavy (non-hydrogen) atoms. The number of piperidine rings is 1. The molecule has 4 amide bonds. The second kappa shape index (κ2) is 25.6. The van der Waals surface area contributed by atoms with Crippen molar-refractivity contribution in [1.82, 2.24) is 30.4 Å². The molecule has 5 aromatic carbocycles. The number of amides is 4. The second-order valence-electron chi connectivity index (χ2n) is 24.9. The van der Waals surface area contributed by atoms with Crippen molar-refractivity contribution in [2.75, 3.05) is 73.3 Å².